The minimum Gasteiger partial charge on any atom is -0.454 e. The lowest BCUT2D eigenvalue weighted by Gasteiger charge is -2.28. The average molecular weight is 518 g/mol. The van der Waals surface area contributed by atoms with Gasteiger partial charge in [0.1, 0.15) is 6.54 Å². The lowest BCUT2D eigenvalue weighted by atomic mass is 9.80. The Bertz CT molecular complexity index is 910. The average Bonchev–Trinajstić information content (AvgIpc) is 3.29. The molecule has 2 saturated carbocycles. The molecule has 1 saturated heterocycles. The summed E-state index contributed by atoms with van der Waals surface area (Å²) in [5.74, 6) is -3.48. The summed E-state index contributed by atoms with van der Waals surface area (Å²) in [6, 6.07) is 5.34. The van der Waals surface area contributed by atoms with Crippen LogP contribution >= 0.6 is 39.1 Å². The highest BCUT2D eigenvalue weighted by Crippen LogP contribution is 2.59. The molecule has 10 heteroatoms. The Labute approximate surface area is 191 Å². The summed E-state index contributed by atoms with van der Waals surface area (Å²) < 4.78 is 5.85. The molecule has 1 aromatic carbocycles. The van der Waals surface area contributed by atoms with Gasteiger partial charge in [-0.05, 0) is 48.9 Å². The zero-order valence-electron chi connectivity index (χ0n) is 15.9. The third-order valence-electron chi connectivity index (χ3n) is 6.19. The molecular formula is C20H19BrCl2N2O5. The first-order chi connectivity index (χ1) is 14.2. The third kappa shape index (κ3) is 3.63. The number of nitrogens with zero attached hydrogens (tertiary/aromatic N) is 1. The molecular weight excluding hydrogens is 499 g/mol. The second-order valence-corrected chi connectivity index (χ2v) is 9.86. The Balaban J connectivity index is 1.32. The fourth-order valence-electron chi connectivity index (χ4n) is 4.84. The van der Waals surface area contributed by atoms with Gasteiger partial charge in [-0.1, -0.05) is 15.9 Å². The summed E-state index contributed by atoms with van der Waals surface area (Å²) in [5, 5.41) is 1.94. The molecule has 0 unspecified atom stereocenters. The Hall–Kier alpha value is -1.64. The van der Waals surface area contributed by atoms with Crippen molar-refractivity contribution in [1.29, 1.82) is 0 Å². The number of amides is 3. The summed E-state index contributed by atoms with van der Waals surface area (Å²) in [6.45, 7) is 0.794. The van der Waals surface area contributed by atoms with Crippen LogP contribution in [-0.4, -0.2) is 52.5 Å². The van der Waals surface area contributed by atoms with Gasteiger partial charge in [-0.2, -0.15) is 0 Å². The summed E-state index contributed by atoms with van der Waals surface area (Å²) in [7, 11) is 0. The fourth-order valence-corrected chi connectivity index (χ4v) is 6.21. The SMILES string of the molecule is Cc1cc(Br)ccc1NC(=O)COC(=O)CN1C(=O)[C@@H]2[C@H]3C[C@@H]([C@H](Cl)[C@H]3Cl)[C@H]2C1=O. The van der Waals surface area contributed by atoms with Gasteiger partial charge in [0.25, 0.3) is 5.91 Å². The van der Waals surface area contributed by atoms with Crippen molar-refractivity contribution in [3.05, 3.63) is 28.2 Å². The van der Waals surface area contributed by atoms with E-state index in [0.717, 1.165) is 14.9 Å². The van der Waals surface area contributed by atoms with Crippen LogP contribution in [-0.2, 0) is 23.9 Å². The van der Waals surface area contributed by atoms with E-state index in [-0.39, 0.29) is 22.6 Å². The number of anilines is 1. The number of fused-ring (bicyclic) bond motifs is 5. The minimum atomic E-state index is -0.823. The van der Waals surface area contributed by atoms with Crippen LogP contribution in [0.5, 0.6) is 0 Å². The number of imide groups is 1. The number of nitrogens with one attached hydrogen (secondary N) is 1. The van der Waals surface area contributed by atoms with Crippen LogP contribution in [0.25, 0.3) is 0 Å². The molecule has 1 aromatic rings. The zero-order valence-corrected chi connectivity index (χ0v) is 19.0. The maximum Gasteiger partial charge on any atom is 0.326 e. The second kappa shape index (κ2) is 8.13. The van der Waals surface area contributed by atoms with Crippen LogP contribution in [0.15, 0.2) is 22.7 Å². The van der Waals surface area contributed by atoms with Crippen molar-refractivity contribution in [2.75, 3.05) is 18.5 Å². The van der Waals surface area contributed by atoms with Crippen LogP contribution < -0.4 is 5.32 Å². The topological polar surface area (TPSA) is 92.8 Å². The maximum absolute atomic E-state index is 12.7. The first-order valence-corrected chi connectivity index (χ1v) is 11.2. The summed E-state index contributed by atoms with van der Waals surface area (Å²) in [6.07, 6.45) is 0.656. The quantitative estimate of drug-likeness (QED) is 0.368. The van der Waals surface area contributed by atoms with Crippen molar-refractivity contribution in [3.63, 3.8) is 0 Å². The van der Waals surface area contributed by atoms with Gasteiger partial charge in [0.05, 0.1) is 22.6 Å². The molecule has 160 valence electrons. The first-order valence-electron chi connectivity index (χ1n) is 9.54. The predicted octanol–water partition coefficient (Wildman–Crippen LogP) is 2.70. The predicted molar refractivity (Wildman–Crippen MR) is 113 cm³/mol. The van der Waals surface area contributed by atoms with Gasteiger partial charge in [0.15, 0.2) is 6.61 Å². The van der Waals surface area contributed by atoms with Crippen molar-refractivity contribution in [2.45, 2.75) is 24.1 Å². The highest BCUT2D eigenvalue weighted by molar-refractivity contribution is 9.10. The molecule has 1 aliphatic heterocycles. The molecule has 2 bridgehead atoms. The number of hydrogen-bond donors (Lipinski definition) is 1. The number of benzene rings is 1. The fraction of sp³-hybridized carbons (Fsp3) is 0.500. The highest BCUT2D eigenvalue weighted by atomic mass is 79.9. The van der Waals surface area contributed by atoms with Crippen molar-refractivity contribution in [3.8, 4) is 0 Å². The molecule has 3 amide bonds. The molecule has 0 spiro atoms. The minimum absolute atomic E-state index is 0.151. The standard InChI is InChI=1S/C20H19BrCl2N2O5/c1-8-4-9(21)2-3-12(8)24-13(26)7-30-14(27)6-25-19(28)15-10-5-11(16(15)20(25)29)18(23)17(10)22/h2-4,10-11,15-18H,5-7H2,1H3,(H,24,26)/t10-,11-,15-,16-,17+,18+/m1/s1. The van der Waals surface area contributed by atoms with Crippen LogP contribution in [0.4, 0.5) is 5.69 Å². The van der Waals surface area contributed by atoms with Gasteiger partial charge >= 0.3 is 5.97 Å². The van der Waals surface area contributed by atoms with E-state index >= 15 is 0 Å². The number of halogens is 3. The number of alkyl halides is 2. The molecule has 7 nitrogen and oxygen atoms in total. The van der Waals surface area contributed by atoms with Crippen LogP contribution in [0.3, 0.4) is 0 Å². The van der Waals surface area contributed by atoms with Gasteiger partial charge in [-0.15, -0.1) is 23.2 Å². The normalized spacial score (nSPS) is 31.8. The molecule has 30 heavy (non-hydrogen) atoms. The molecule has 1 N–H and O–H groups in total. The Morgan fingerprint density at radius 2 is 1.77 bits per heavy atom. The molecule has 3 fully saturated rings. The smallest absolute Gasteiger partial charge is 0.326 e. The molecule has 1 heterocycles. The van der Waals surface area contributed by atoms with E-state index in [0.29, 0.717) is 12.1 Å². The third-order valence-corrected chi connectivity index (χ3v) is 8.00. The number of likely N-dealkylation sites (tertiary alicyclic amines) is 1. The number of hydrogen-bond acceptors (Lipinski definition) is 5. The molecule has 6 atom stereocenters. The lowest BCUT2D eigenvalue weighted by molar-refractivity contribution is -0.154. The molecule has 0 aromatic heterocycles. The number of aryl methyl sites for hydroxylation is 1. The maximum atomic E-state index is 12.7. The van der Waals surface area contributed by atoms with Crippen molar-refractivity contribution in [2.24, 2.45) is 23.7 Å². The van der Waals surface area contributed by atoms with E-state index < -0.39 is 48.7 Å². The van der Waals surface area contributed by atoms with Crippen LogP contribution in [0.2, 0.25) is 0 Å². The van der Waals surface area contributed by atoms with E-state index in [1.165, 1.54) is 0 Å². The first kappa shape index (κ1) is 21.6. The van der Waals surface area contributed by atoms with Crippen LogP contribution in [0.1, 0.15) is 12.0 Å². The van der Waals surface area contributed by atoms with Crippen molar-refractivity contribution in [1.82, 2.24) is 4.90 Å². The number of ether oxygens (including phenoxy) is 1. The molecule has 2 aliphatic carbocycles. The van der Waals surface area contributed by atoms with Gasteiger partial charge in [-0.3, -0.25) is 24.1 Å². The van der Waals surface area contributed by atoms with E-state index in [9.17, 15) is 19.2 Å². The molecule has 4 rings (SSSR count). The summed E-state index contributed by atoms with van der Waals surface area (Å²) in [5.41, 5.74) is 1.44. The summed E-state index contributed by atoms with van der Waals surface area (Å²) in [4.78, 5) is 50.6. The van der Waals surface area contributed by atoms with Crippen molar-refractivity contribution < 1.29 is 23.9 Å². The van der Waals surface area contributed by atoms with E-state index in [1.54, 1.807) is 12.1 Å². The largest absolute Gasteiger partial charge is 0.454 e. The van der Waals surface area contributed by atoms with E-state index in [4.69, 9.17) is 27.9 Å². The Morgan fingerprint density at radius 1 is 1.17 bits per heavy atom. The number of carbonyl (C=O) groups is 4. The zero-order chi connectivity index (χ0) is 21.7. The van der Waals surface area contributed by atoms with Gasteiger partial charge in [0, 0.05) is 10.2 Å². The lowest BCUT2D eigenvalue weighted by Crippen LogP contribution is -2.38. The second-order valence-electron chi connectivity index (χ2n) is 7.93. The monoisotopic (exact) mass is 516 g/mol. The van der Waals surface area contributed by atoms with Crippen molar-refractivity contribution >= 4 is 68.5 Å². The Kier molecular flexibility index (Phi) is 5.85. The molecule has 0 radical (unpaired) electrons. The molecule has 3 aliphatic rings. The number of carbonyl (C=O) groups excluding carboxylic acids is 4. The number of esters is 1. The van der Waals surface area contributed by atoms with Gasteiger partial charge < -0.3 is 10.1 Å². The van der Waals surface area contributed by atoms with Gasteiger partial charge in [-0.25, -0.2) is 0 Å². The Morgan fingerprint density at radius 3 is 2.33 bits per heavy atom. The summed E-state index contributed by atoms with van der Waals surface area (Å²) >= 11 is 16.0. The van der Waals surface area contributed by atoms with E-state index in [2.05, 4.69) is 21.2 Å². The van der Waals surface area contributed by atoms with E-state index in [1.807, 2.05) is 13.0 Å². The highest BCUT2D eigenvalue weighted by Gasteiger charge is 2.66. The van der Waals surface area contributed by atoms with Crippen LogP contribution in [0, 0.1) is 30.6 Å². The number of rotatable bonds is 5. The van der Waals surface area contributed by atoms with Gasteiger partial charge in [0.2, 0.25) is 11.8 Å².